The number of nitrogens with one attached hydrogen (secondary N) is 1. The molecule has 0 saturated carbocycles. The first-order chi connectivity index (χ1) is 7.81. The van der Waals surface area contributed by atoms with Gasteiger partial charge < -0.3 is 5.32 Å². The molecule has 4 heteroatoms. The normalized spacial score (nSPS) is 29.6. The summed E-state index contributed by atoms with van der Waals surface area (Å²) in [4.78, 5) is 6.97. The van der Waals surface area contributed by atoms with E-state index in [2.05, 4.69) is 43.3 Å². The standard InChI is InChI=1S/C12H16BrN3/c13-11-1-2-12(15-5-11)8-16-6-9-3-14-4-10(9)7-16/h1-2,5,9-10,14H,3-4,6-8H2. The molecule has 3 rings (SSSR count). The summed E-state index contributed by atoms with van der Waals surface area (Å²) in [7, 11) is 0. The minimum absolute atomic E-state index is 0.871. The third kappa shape index (κ3) is 2.14. The van der Waals surface area contributed by atoms with E-state index in [1.165, 1.54) is 31.9 Å². The molecular formula is C12H16BrN3. The molecule has 2 fully saturated rings. The van der Waals surface area contributed by atoms with Crippen LogP contribution in [0.25, 0.3) is 0 Å². The van der Waals surface area contributed by atoms with Crippen molar-refractivity contribution >= 4 is 15.9 Å². The molecule has 3 heterocycles. The largest absolute Gasteiger partial charge is 0.316 e. The molecule has 0 spiro atoms. The summed E-state index contributed by atoms with van der Waals surface area (Å²) in [6, 6.07) is 4.18. The van der Waals surface area contributed by atoms with E-state index in [-0.39, 0.29) is 0 Å². The average Bonchev–Trinajstić information content (AvgIpc) is 2.81. The van der Waals surface area contributed by atoms with Crippen LogP contribution >= 0.6 is 15.9 Å². The number of fused-ring (bicyclic) bond motifs is 1. The second-order valence-electron chi connectivity index (χ2n) is 4.84. The van der Waals surface area contributed by atoms with Gasteiger partial charge in [-0.05, 0) is 53.0 Å². The van der Waals surface area contributed by atoms with Gasteiger partial charge in [-0.3, -0.25) is 9.88 Å². The first-order valence-corrected chi connectivity index (χ1v) is 6.64. The first kappa shape index (κ1) is 10.7. The van der Waals surface area contributed by atoms with Crippen molar-refractivity contribution in [3.8, 4) is 0 Å². The van der Waals surface area contributed by atoms with E-state index in [1.807, 2.05) is 6.20 Å². The van der Waals surface area contributed by atoms with Crippen LogP contribution in [-0.2, 0) is 6.54 Å². The predicted molar refractivity (Wildman–Crippen MR) is 67.1 cm³/mol. The van der Waals surface area contributed by atoms with Crippen LogP contribution in [0.15, 0.2) is 22.8 Å². The van der Waals surface area contributed by atoms with Gasteiger partial charge in [0.25, 0.3) is 0 Å². The lowest BCUT2D eigenvalue weighted by atomic mass is 10.0. The number of hydrogen-bond donors (Lipinski definition) is 1. The molecule has 0 radical (unpaired) electrons. The van der Waals surface area contributed by atoms with Crippen molar-refractivity contribution in [3.63, 3.8) is 0 Å². The van der Waals surface area contributed by atoms with E-state index in [0.717, 1.165) is 22.9 Å². The second kappa shape index (κ2) is 4.43. The molecule has 2 atom stereocenters. The minimum atomic E-state index is 0.871. The quantitative estimate of drug-likeness (QED) is 0.891. The van der Waals surface area contributed by atoms with Crippen molar-refractivity contribution in [2.45, 2.75) is 6.54 Å². The molecule has 0 bridgehead atoms. The summed E-state index contributed by atoms with van der Waals surface area (Å²) in [5, 5.41) is 3.47. The molecule has 2 aliphatic rings. The maximum atomic E-state index is 4.43. The highest BCUT2D eigenvalue weighted by Crippen LogP contribution is 2.27. The van der Waals surface area contributed by atoms with Crippen molar-refractivity contribution in [1.82, 2.24) is 15.2 Å². The molecule has 1 aromatic heterocycles. The van der Waals surface area contributed by atoms with Gasteiger partial charge in [-0.2, -0.15) is 0 Å². The number of aromatic nitrogens is 1. The van der Waals surface area contributed by atoms with Gasteiger partial charge in [0.05, 0.1) is 5.69 Å². The summed E-state index contributed by atoms with van der Waals surface area (Å²) in [5.41, 5.74) is 1.18. The maximum absolute atomic E-state index is 4.43. The molecule has 86 valence electrons. The van der Waals surface area contributed by atoms with Crippen LogP contribution in [0.5, 0.6) is 0 Å². The Bertz CT molecular complexity index is 353. The van der Waals surface area contributed by atoms with Gasteiger partial charge in [-0.15, -0.1) is 0 Å². The van der Waals surface area contributed by atoms with Gasteiger partial charge >= 0.3 is 0 Å². The van der Waals surface area contributed by atoms with Crippen molar-refractivity contribution in [2.75, 3.05) is 26.2 Å². The minimum Gasteiger partial charge on any atom is -0.316 e. The Hall–Kier alpha value is -0.450. The zero-order valence-corrected chi connectivity index (χ0v) is 10.8. The number of halogens is 1. The van der Waals surface area contributed by atoms with Crippen LogP contribution in [0.3, 0.4) is 0 Å². The van der Waals surface area contributed by atoms with E-state index >= 15 is 0 Å². The molecule has 16 heavy (non-hydrogen) atoms. The van der Waals surface area contributed by atoms with Crippen LogP contribution in [0.2, 0.25) is 0 Å². The van der Waals surface area contributed by atoms with Crippen LogP contribution in [0.4, 0.5) is 0 Å². The number of pyridine rings is 1. The Kier molecular flexibility index (Phi) is 2.96. The fraction of sp³-hybridized carbons (Fsp3) is 0.583. The Morgan fingerprint density at radius 2 is 2.06 bits per heavy atom. The van der Waals surface area contributed by atoms with Crippen LogP contribution < -0.4 is 5.32 Å². The van der Waals surface area contributed by atoms with Crippen molar-refractivity contribution in [2.24, 2.45) is 11.8 Å². The van der Waals surface area contributed by atoms with E-state index in [9.17, 15) is 0 Å². The number of hydrogen-bond acceptors (Lipinski definition) is 3. The summed E-state index contributed by atoms with van der Waals surface area (Å²) in [5.74, 6) is 1.74. The Morgan fingerprint density at radius 1 is 1.31 bits per heavy atom. The topological polar surface area (TPSA) is 28.2 Å². The fourth-order valence-corrected chi connectivity index (χ4v) is 3.05. The highest BCUT2D eigenvalue weighted by molar-refractivity contribution is 9.10. The lowest BCUT2D eigenvalue weighted by Crippen LogP contribution is -2.25. The molecule has 2 aliphatic heterocycles. The fourth-order valence-electron chi connectivity index (χ4n) is 2.81. The molecule has 0 aromatic carbocycles. The van der Waals surface area contributed by atoms with Gasteiger partial charge in [-0.1, -0.05) is 0 Å². The van der Waals surface area contributed by atoms with Gasteiger partial charge in [0, 0.05) is 30.3 Å². The first-order valence-electron chi connectivity index (χ1n) is 5.85. The van der Waals surface area contributed by atoms with Gasteiger partial charge in [-0.25, -0.2) is 0 Å². The van der Waals surface area contributed by atoms with Gasteiger partial charge in [0.1, 0.15) is 0 Å². The highest BCUT2D eigenvalue weighted by Gasteiger charge is 2.35. The van der Waals surface area contributed by atoms with E-state index in [1.54, 1.807) is 0 Å². The van der Waals surface area contributed by atoms with E-state index in [0.29, 0.717) is 0 Å². The lowest BCUT2D eigenvalue weighted by molar-refractivity contribution is 0.302. The number of likely N-dealkylation sites (tertiary alicyclic amines) is 1. The number of nitrogens with zero attached hydrogens (tertiary/aromatic N) is 2. The Labute approximate surface area is 104 Å². The van der Waals surface area contributed by atoms with Crippen molar-refractivity contribution in [1.29, 1.82) is 0 Å². The summed E-state index contributed by atoms with van der Waals surface area (Å²) >= 11 is 3.41. The third-order valence-corrected chi connectivity index (χ3v) is 4.11. The monoisotopic (exact) mass is 281 g/mol. The van der Waals surface area contributed by atoms with E-state index in [4.69, 9.17) is 0 Å². The third-order valence-electron chi connectivity index (χ3n) is 3.64. The molecule has 2 saturated heterocycles. The molecule has 0 aliphatic carbocycles. The van der Waals surface area contributed by atoms with E-state index < -0.39 is 0 Å². The van der Waals surface area contributed by atoms with Crippen molar-refractivity contribution in [3.05, 3.63) is 28.5 Å². The summed E-state index contributed by atoms with van der Waals surface area (Å²) in [6.45, 7) is 5.87. The molecule has 1 N–H and O–H groups in total. The molecular weight excluding hydrogens is 266 g/mol. The van der Waals surface area contributed by atoms with Crippen LogP contribution in [-0.4, -0.2) is 36.1 Å². The zero-order chi connectivity index (χ0) is 11.0. The summed E-state index contributed by atoms with van der Waals surface area (Å²) < 4.78 is 1.05. The number of rotatable bonds is 2. The summed E-state index contributed by atoms with van der Waals surface area (Å²) in [6.07, 6.45) is 1.88. The Morgan fingerprint density at radius 3 is 2.69 bits per heavy atom. The van der Waals surface area contributed by atoms with Gasteiger partial charge in [0.2, 0.25) is 0 Å². The van der Waals surface area contributed by atoms with Crippen LogP contribution in [0.1, 0.15) is 5.69 Å². The maximum Gasteiger partial charge on any atom is 0.0544 e. The second-order valence-corrected chi connectivity index (χ2v) is 5.76. The Balaban J connectivity index is 1.62. The lowest BCUT2D eigenvalue weighted by Gasteiger charge is -2.16. The zero-order valence-electron chi connectivity index (χ0n) is 9.19. The molecule has 0 amide bonds. The smallest absolute Gasteiger partial charge is 0.0544 e. The predicted octanol–water partition coefficient (Wildman–Crippen LogP) is 1.50. The van der Waals surface area contributed by atoms with Crippen molar-refractivity contribution < 1.29 is 0 Å². The van der Waals surface area contributed by atoms with Crippen LogP contribution in [0, 0.1) is 11.8 Å². The molecule has 1 aromatic rings. The highest BCUT2D eigenvalue weighted by atomic mass is 79.9. The molecule has 2 unspecified atom stereocenters. The average molecular weight is 282 g/mol. The van der Waals surface area contributed by atoms with Gasteiger partial charge in [0.15, 0.2) is 0 Å². The SMILES string of the molecule is Brc1ccc(CN2CC3CNCC3C2)nc1. The molecule has 3 nitrogen and oxygen atoms in total.